The van der Waals surface area contributed by atoms with Crippen molar-refractivity contribution in [1.82, 2.24) is 10.2 Å². The maximum atomic E-state index is 11.4. The van der Waals surface area contributed by atoms with Crippen LogP contribution in [0.4, 0.5) is 0 Å². The van der Waals surface area contributed by atoms with Crippen LogP contribution >= 0.6 is 0 Å². The van der Waals surface area contributed by atoms with Crippen LogP contribution in [-0.2, 0) is 20.4 Å². The number of carbonyl (C=O) groups excluding carboxylic acids is 2. The number of nitrogens with zero attached hydrogens (tertiary/aromatic N) is 1. The molecule has 1 N–H and O–H groups in total. The molecule has 2 amide bonds. The summed E-state index contributed by atoms with van der Waals surface area (Å²) in [7, 11) is -0.896. The van der Waals surface area contributed by atoms with Crippen molar-refractivity contribution in [3.05, 3.63) is 0 Å². The number of amides is 2. The molecule has 0 saturated carbocycles. The molecule has 80 valence electrons. The van der Waals surface area contributed by atoms with Crippen molar-refractivity contribution in [2.24, 2.45) is 0 Å². The third kappa shape index (κ3) is 3.45. The van der Waals surface area contributed by atoms with Crippen molar-refractivity contribution in [2.45, 2.75) is 6.42 Å². The second-order valence-electron chi connectivity index (χ2n) is 3.18. The van der Waals surface area contributed by atoms with E-state index in [-0.39, 0.29) is 18.4 Å². The predicted molar refractivity (Wildman–Crippen MR) is 53.1 cm³/mol. The van der Waals surface area contributed by atoms with Crippen LogP contribution in [0.2, 0.25) is 0 Å². The summed E-state index contributed by atoms with van der Waals surface area (Å²) >= 11 is 0. The summed E-state index contributed by atoms with van der Waals surface area (Å²) in [6.07, 6.45) is 1.94. The van der Waals surface area contributed by atoms with Gasteiger partial charge in [0.15, 0.2) is 0 Å². The number of hydrogen-bond acceptors (Lipinski definition) is 3. The Morgan fingerprint density at radius 3 is 2.86 bits per heavy atom. The van der Waals surface area contributed by atoms with Gasteiger partial charge in [-0.3, -0.25) is 13.8 Å². The van der Waals surface area contributed by atoms with Crippen LogP contribution in [0.3, 0.4) is 0 Å². The molecule has 0 aromatic carbocycles. The summed E-state index contributed by atoms with van der Waals surface area (Å²) < 4.78 is 10.8. The Balaban J connectivity index is 2.45. The first kappa shape index (κ1) is 11.2. The minimum absolute atomic E-state index is 0.0647. The summed E-state index contributed by atoms with van der Waals surface area (Å²) in [5, 5.41) is 2.51. The average Bonchev–Trinajstić information content (AvgIpc) is 2.27. The van der Waals surface area contributed by atoms with E-state index in [1.54, 1.807) is 11.2 Å². The Labute approximate surface area is 85.3 Å². The summed E-state index contributed by atoms with van der Waals surface area (Å²) in [6.45, 7) is 0.966. The van der Waals surface area contributed by atoms with Crippen LogP contribution in [0.15, 0.2) is 0 Å². The van der Waals surface area contributed by atoms with Gasteiger partial charge < -0.3 is 10.2 Å². The van der Waals surface area contributed by atoms with Crippen LogP contribution in [-0.4, -0.2) is 52.6 Å². The fraction of sp³-hybridized carbons (Fsp3) is 0.750. The Bertz CT molecular complexity index is 267. The van der Waals surface area contributed by atoms with Crippen molar-refractivity contribution < 1.29 is 13.8 Å². The van der Waals surface area contributed by atoms with Crippen molar-refractivity contribution in [1.29, 1.82) is 0 Å². The van der Waals surface area contributed by atoms with E-state index < -0.39 is 10.8 Å². The van der Waals surface area contributed by atoms with Gasteiger partial charge in [-0.2, -0.15) is 0 Å². The van der Waals surface area contributed by atoms with Crippen molar-refractivity contribution in [2.75, 3.05) is 31.6 Å². The van der Waals surface area contributed by atoms with Crippen LogP contribution in [0.1, 0.15) is 6.42 Å². The van der Waals surface area contributed by atoms with Gasteiger partial charge in [0.05, 0.1) is 6.54 Å². The summed E-state index contributed by atoms with van der Waals surface area (Å²) in [5.41, 5.74) is 0. The molecule has 1 atom stereocenters. The minimum atomic E-state index is -0.896. The van der Waals surface area contributed by atoms with Crippen molar-refractivity contribution in [3.8, 4) is 0 Å². The molecule has 1 aliphatic heterocycles. The molecule has 0 aromatic rings. The first-order chi connectivity index (χ1) is 6.59. The highest BCUT2D eigenvalue weighted by molar-refractivity contribution is 7.84. The van der Waals surface area contributed by atoms with E-state index in [4.69, 9.17) is 0 Å². The highest BCUT2D eigenvalue weighted by Crippen LogP contribution is 1.97. The third-order valence-electron chi connectivity index (χ3n) is 2.05. The van der Waals surface area contributed by atoms with Gasteiger partial charge in [0.1, 0.15) is 0 Å². The second-order valence-corrected chi connectivity index (χ2v) is 4.74. The monoisotopic (exact) mass is 218 g/mol. The molecular weight excluding hydrogens is 204 g/mol. The van der Waals surface area contributed by atoms with E-state index in [9.17, 15) is 13.8 Å². The minimum Gasteiger partial charge on any atom is -0.347 e. The van der Waals surface area contributed by atoms with E-state index in [2.05, 4.69) is 5.32 Å². The molecule has 1 saturated heterocycles. The van der Waals surface area contributed by atoms with Crippen LogP contribution in [0.5, 0.6) is 0 Å². The average molecular weight is 218 g/mol. The van der Waals surface area contributed by atoms with E-state index in [1.165, 1.54) is 0 Å². The molecule has 0 bridgehead atoms. The Hall–Kier alpha value is -0.910. The zero-order chi connectivity index (χ0) is 10.6. The van der Waals surface area contributed by atoms with Crippen LogP contribution in [0.25, 0.3) is 0 Å². The number of rotatable bonds is 3. The quantitative estimate of drug-likeness (QED) is 0.641. The summed E-state index contributed by atoms with van der Waals surface area (Å²) in [4.78, 5) is 23.9. The molecule has 1 rings (SSSR count). The Morgan fingerprint density at radius 1 is 1.50 bits per heavy atom. The molecule has 14 heavy (non-hydrogen) atoms. The highest BCUT2D eigenvalue weighted by Gasteiger charge is 2.19. The maximum Gasteiger partial charge on any atom is 0.242 e. The topological polar surface area (TPSA) is 66.5 Å². The van der Waals surface area contributed by atoms with Crippen LogP contribution in [0, 0.1) is 0 Å². The third-order valence-corrected chi connectivity index (χ3v) is 2.80. The summed E-state index contributed by atoms with van der Waals surface area (Å²) in [6, 6.07) is 0. The van der Waals surface area contributed by atoms with E-state index in [0.29, 0.717) is 25.3 Å². The van der Waals surface area contributed by atoms with Gasteiger partial charge in [-0.1, -0.05) is 0 Å². The lowest BCUT2D eigenvalue weighted by molar-refractivity contribution is -0.129. The molecule has 0 aromatic heterocycles. The molecular formula is C8H14N2O3S. The molecule has 6 heteroatoms. The molecule has 0 spiro atoms. The zero-order valence-corrected chi connectivity index (χ0v) is 8.93. The molecule has 0 aliphatic carbocycles. The normalized spacial score (nSPS) is 20.2. The van der Waals surface area contributed by atoms with Gasteiger partial charge in [-0.15, -0.1) is 0 Å². The molecule has 5 nitrogen and oxygen atoms in total. The fourth-order valence-electron chi connectivity index (χ4n) is 1.21. The smallest absolute Gasteiger partial charge is 0.242 e. The Morgan fingerprint density at radius 2 is 2.21 bits per heavy atom. The van der Waals surface area contributed by atoms with E-state index >= 15 is 0 Å². The first-order valence-electron chi connectivity index (χ1n) is 4.44. The van der Waals surface area contributed by atoms with Gasteiger partial charge in [-0.05, 0) is 0 Å². The van der Waals surface area contributed by atoms with Gasteiger partial charge in [0.2, 0.25) is 11.8 Å². The standard InChI is InChI=1S/C8H14N2O3S/c1-14(13)5-4-10-3-2-7(11)9-6-8(10)12/h2-6H2,1H3,(H,9,11). The first-order valence-corrected chi connectivity index (χ1v) is 6.17. The summed E-state index contributed by atoms with van der Waals surface area (Å²) in [5.74, 6) is 0.277. The second kappa shape index (κ2) is 5.09. The maximum absolute atomic E-state index is 11.4. The molecule has 1 unspecified atom stereocenters. The Kier molecular flexibility index (Phi) is 4.06. The van der Waals surface area contributed by atoms with Gasteiger partial charge in [0, 0.05) is 42.3 Å². The molecule has 1 aliphatic rings. The van der Waals surface area contributed by atoms with Gasteiger partial charge >= 0.3 is 0 Å². The zero-order valence-electron chi connectivity index (χ0n) is 8.12. The number of carbonyl (C=O) groups is 2. The SMILES string of the molecule is CS(=O)CCN1CCC(=O)NCC1=O. The van der Waals surface area contributed by atoms with Crippen molar-refractivity contribution in [3.63, 3.8) is 0 Å². The lowest BCUT2D eigenvalue weighted by Crippen LogP contribution is -2.37. The van der Waals surface area contributed by atoms with E-state index in [1.807, 2.05) is 0 Å². The lowest BCUT2D eigenvalue weighted by Gasteiger charge is -2.18. The predicted octanol–water partition coefficient (Wildman–Crippen LogP) is -1.29. The highest BCUT2D eigenvalue weighted by atomic mass is 32.2. The van der Waals surface area contributed by atoms with Gasteiger partial charge in [-0.25, -0.2) is 0 Å². The number of hydrogen-bond donors (Lipinski definition) is 1. The molecule has 1 heterocycles. The molecule has 0 radical (unpaired) electrons. The molecule has 1 fully saturated rings. The largest absolute Gasteiger partial charge is 0.347 e. The number of nitrogens with one attached hydrogen (secondary N) is 1. The fourth-order valence-corrected chi connectivity index (χ4v) is 1.69. The van der Waals surface area contributed by atoms with Crippen LogP contribution < -0.4 is 5.32 Å². The lowest BCUT2D eigenvalue weighted by atomic mass is 10.4. The van der Waals surface area contributed by atoms with Crippen molar-refractivity contribution >= 4 is 22.6 Å². The van der Waals surface area contributed by atoms with Gasteiger partial charge in [0.25, 0.3) is 0 Å². The van der Waals surface area contributed by atoms with E-state index in [0.717, 1.165) is 0 Å².